The molecule has 1 fully saturated rings. The number of sulfonamides is 1. The van der Waals surface area contributed by atoms with Gasteiger partial charge in [-0.25, -0.2) is 13.1 Å². The average molecular weight is 464 g/mol. The van der Waals surface area contributed by atoms with Crippen LogP contribution in [0, 0.1) is 11.8 Å². The fourth-order valence-corrected chi connectivity index (χ4v) is 5.12. The van der Waals surface area contributed by atoms with Gasteiger partial charge >= 0.3 is 0 Å². The summed E-state index contributed by atoms with van der Waals surface area (Å²) in [5, 5.41) is 18.1. The van der Waals surface area contributed by atoms with E-state index in [-0.39, 0.29) is 36.8 Å². The molecule has 31 heavy (non-hydrogen) atoms. The molecule has 0 radical (unpaired) electrons. The van der Waals surface area contributed by atoms with Gasteiger partial charge in [0.1, 0.15) is 6.04 Å². The second-order valence-corrected chi connectivity index (χ2v) is 10.4. The maximum Gasteiger partial charge on any atom is 0.245 e. The fraction of sp³-hybridized carbons (Fsp3) is 0.842. The van der Waals surface area contributed by atoms with E-state index in [4.69, 9.17) is 5.73 Å². The average Bonchev–Trinajstić information content (AvgIpc) is 2.63. The predicted molar refractivity (Wildman–Crippen MR) is 116 cm³/mol. The Hall–Kier alpha value is -1.60. The van der Waals surface area contributed by atoms with Crippen molar-refractivity contribution in [3.05, 3.63) is 0 Å². The quantitative estimate of drug-likeness (QED) is 0.189. The van der Waals surface area contributed by atoms with Gasteiger partial charge in [0.05, 0.1) is 23.8 Å². The molecule has 1 aliphatic rings. The van der Waals surface area contributed by atoms with Crippen LogP contribution in [0.4, 0.5) is 0 Å². The maximum absolute atomic E-state index is 12.7. The van der Waals surface area contributed by atoms with Gasteiger partial charge in [0.25, 0.3) is 0 Å². The number of nitrogens with one attached hydrogen (secondary N) is 4. The van der Waals surface area contributed by atoms with Crippen molar-refractivity contribution in [3.63, 3.8) is 0 Å². The molecule has 5 atom stereocenters. The smallest absolute Gasteiger partial charge is 0.245 e. The van der Waals surface area contributed by atoms with Gasteiger partial charge in [-0.1, -0.05) is 13.8 Å². The summed E-state index contributed by atoms with van der Waals surface area (Å²) in [6.07, 6.45) is -0.703. The number of hydrogen-bond acceptors (Lipinski definition) is 8. The van der Waals surface area contributed by atoms with Crippen LogP contribution >= 0.6 is 0 Å². The monoisotopic (exact) mass is 463 g/mol. The van der Waals surface area contributed by atoms with Crippen molar-refractivity contribution in [2.45, 2.75) is 64.8 Å². The minimum absolute atomic E-state index is 0.00918. The number of piperidine rings is 1. The zero-order valence-electron chi connectivity index (χ0n) is 18.7. The molecule has 2 amide bonds. The summed E-state index contributed by atoms with van der Waals surface area (Å²) in [5.41, 5.74) is 5.46. The highest BCUT2D eigenvalue weighted by molar-refractivity contribution is 7.89. The van der Waals surface area contributed by atoms with Crippen LogP contribution in [0.15, 0.2) is 0 Å². The van der Waals surface area contributed by atoms with Gasteiger partial charge in [0, 0.05) is 19.1 Å². The molecule has 0 bridgehead atoms. The molecule has 2 unspecified atom stereocenters. The number of rotatable bonds is 12. The third-order valence-corrected chi connectivity index (χ3v) is 6.74. The maximum atomic E-state index is 12.7. The van der Waals surface area contributed by atoms with Gasteiger partial charge in [-0.2, -0.15) is 0 Å². The van der Waals surface area contributed by atoms with Crippen LogP contribution in [0.3, 0.4) is 0 Å². The van der Waals surface area contributed by atoms with E-state index < -0.39 is 52.0 Å². The van der Waals surface area contributed by atoms with Crippen molar-refractivity contribution in [3.8, 4) is 0 Å². The molecule has 0 aliphatic carbocycles. The van der Waals surface area contributed by atoms with Crippen molar-refractivity contribution >= 4 is 27.6 Å². The van der Waals surface area contributed by atoms with Crippen molar-refractivity contribution in [2.24, 2.45) is 17.6 Å². The SMILES string of the molecule is CC(=O)[C@H](CCN)NC(=O)[C@@H](NC(=O)C1CNCC(NS(=O)(=O)CC(C)C)C1)[C@H](C)O. The molecule has 180 valence electrons. The molecule has 7 N–H and O–H groups in total. The zero-order valence-corrected chi connectivity index (χ0v) is 19.5. The number of hydrogen-bond donors (Lipinski definition) is 6. The first-order valence-electron chi connectivity index (χ1n) is 10.6. The van der Waals surface area contributed by atoms with Gasteiger partial charge in [0.2, 0.25) is 21.8 Å². The van der Waals surface area contributed by atoms with E-state index in [1.165, 1.54) is 13.8 Å². The number of amides is 2. The van der Waals surface area contributed by atoms with E-state index in [9.17, 15) is 27.9 Å². The molecule has 1 rings (SSSR count). The van der Waals surface area contributed by atoms with Gasteiger partial charge in [0.15, 0.2) is 5.78 Å². The Bertz CT molecular complexity index is 727. The number of Topliss-reactive ketones (excluding diaryl/α,β-unsaturated/α-hetero) is 1. The lowest BCUT2D eigenvalue weighted by Gasteiger charge is -2.31. The number of aliphatic hydroxyl groups excluding tert-OH is 1. The van der Waals surface area contributed by atoms with Crippen LogP contribution in [-0.2, 0) is 24.4 Å². The first kappa shape index (κ1) is 27.4. The molecule has 0 aromatic carbocycles. The first-order chi connectivity index (χ1) is 14.4. The lowest BCUT2D eigenvalue weighted by molar-refractivity contribution is -0.135. The van der Waals surface area contributed by atoms with E-state index in [1.807, 2.05) is 0 Å². The highest BCUT2D eigenvalue weighted by Crippen LogP contribution is 2.13. The first-order valence-corrected chi connectivity index (χ1v) is 12.2. The topological polar surface area (TPSA) is 180 Å². The molecule has 1 saturated heterocycles. The number of ketones is 1. The van der Waals surface area contributed by atoms with Gasteiger partial charge < -0.3 is 26.8 Å². The van der Waals surface area contributed by atoms with E-state index in [0.717, 1.165) is 0 Å². The Labute approximate surface area is 184 Å². The van der Waals surface area contributed by atoms with Crippen LogP contribution in [0.25, 0.3) is 0 Å². The Kier molecular flexibility index (Phi) is 11.0. The van der Waals surface area contributed by atoms with E-state index in [2.05, 4.69) is 20.7 Å². The third-order valence-electron chi connectivity index (χ3n) is 4.95. The summed E-state index contributed by atoms with van der Waals surface area (Å²) in [7, 11) is -3.47. The van der Waals surface area contributed by atoms with Gasteiger partial charge in [-0.3, -0.25) is 14.4 Å². The van der Waals surface area contributed by atoms with Crippen molar-refractivity contribution in [1.29, 1.82) is 0 Å². The highest BCUT2D eigenvalue weighted by atomic mass is 32.2. The Morgan fingerprint density at radius 2 is 1.81 bits per heavy atom. The summed E-state index contributed by atoms with van der Waals surface area (Å²) >= 11 is 0. The minimum Gasteiger partial charge on any atom is -0.391 e. The van der Waals surface area contributed by atoms with E-state index in [1.54, 1.807) is 13.8 Å². The summed E-state index contributed by atoms with van der Waals surface area (Å²) in [4.78, 5) is 37.0. The Balaban J connectivity index is 2.76. The molecular formula is C19H37N5O6S. The molecule has 1 heterocycles. The molecule has 1 aliphatic heterocycles. The van der Waals surface area contributed by atoms with Crippen LogP contribution in [0.1, 0.15) is 40.5 Å². The summed E-state index contributed by atoms with van der Waals surface area (Å²) in [5.74, 6) is -2.08. The van der Waals surface area contributed by atoms with Crippen LogP contribution in [-0.4, -0.2) is 80.7 Å². The van der Waals surface area contributed by atoms with Crippen molar-refractivity contribution < 1.29 is 27.9 Å². The summed E-state index contributed by atoms with van der Waals surface area (Å²) in [6, 6.07) is -2.52. The highest BCUT2D eigenvalue weighted by Gasteiger charge is 2.34. The van der Waals surface area contributed by atoms with Crippen LogP contribution < -0.4 is 26.4 Å². The molecule has 0 aromatic heterocycles. The Morgan fingerprint density at radius 3 is 2.32 bits per heavy atom. The molecule has 12 heteroatoms. The lowest BCUT2D eigenvalue weighted by Crippen LogP contribution is -2.59. The van der Waals surface area contributed by atoms with Crippen LogP contribution in [0.2, 0.25) is 0 Å². The summed E-state index contributed by atoms with van der Waals surface area (Å²) in [6.45, 7) is 7.19. The number of carbonyl (C=O) groups is 3. The number of aliphatic hydroxyl groups is 1. The normalized spacial score (nSPS) is 22.4. The number of carbonyl (C=O) groups excluding carboxylic acids is 3. The molecular weight excluding hydrogens is 426 g/mol. The second-order valence-electron chi connectivity index (χ2n) is 8.56. The third kappa shape index (κ3) is 9.60. The van der Waals surface area contributed by atoms with Crippen molar-refractivity contribution in [1.82, 2.24) is 20.7 Å². The minimum atomic E-state index is -3.47. The zero-order chi connectivity index (χ0) is 23.8. The van der Waals surface area contributed by atoms with Gasteiger partial charge in [-0.15, -0.1) is 0 Å². The fourth-order valence-electron chi connectivity index (χ4n) is 3.45. The summed E-state index contributed by atoms with van der Waals surface area (Å²) < 4.78 is 27.0. The van der Waals surface area contributed by atoms with E-state index in [0.29, 0.717) is 13.1 Å². The second kappa shape index (κ2) is 12.4. The standard InChI is InChI=1S/C19H37N5O6S/c1-11(2)10-31(29,30)24-15-7-14(8-21-9-15)18(27)23-17(13(4)26)19(28)22-16(5-6-20)12(3)25/h11,13-17,21,24,26H,5-10,20H2,1-4H3,(H,22,28)(H,23,27)/t13-,14?,15?,16-,17-/m0/s1. The lowest BCUT2D eigenvalue weighted by atomic mass is 9.95. The Morgan fingerprint density at radius 1 is 1.16 bits per heavy atom. The molecule has 0 saturated carbocycles. The van der Waals surface area contributed by atoms with Crippen molar-refractivity contribution in [2.75, 3.05) is 25.4 Å². The molecule has 0 spiro atoms. The number of nitrogens with two attached hydrogens (primary N) is 1. The largest absolute Gasteiger partial charge is 0.391 e. The molecule has 11 nitrogen and oxygen atoms in total. The van der Waals surface area contributed by atoms with Gasteiger partial charge in [-0.05, 0) is 39.2 Å². The van der Waals surface area contributed by atoms with E-state index >= 15 is 0 Å². The molecule has 0 aromatic rings. The predicted octanol–water partition coefficient (Wildman–Crippen LogP) is -2.17. The van der Waals surface area contributed by atoms with Crippen LogP contribution in [0.5, 0.6) is 0 Å².